The molecule has 0 aromatic carbocycles. The highest BCUT2D eigenvalue weighted by molar-refractivity contribution is 6.34. The lowest BCUT2D eigenvalue weighted by atomic mass is 10.2. The number of carbonyl (C=O) groups is 1. The second-order valence-electron chi connectivity index (χ2n) is 3.69. The molecule has 17 heavy (non-hydrogen) atoms. The molecule has 0 aliphatic heterocycles. The fourth-order valence-corrected chi connectivity index (χ4v) is 1.64. The number of nitrogens with one attached hydrogen (secondary N) is 2. The first-order valence-corrected chi connectivity index (χ1v) is 5.39. The van der Waals surface area contributed by atoms with E-state index >= 15 is 0 Å². The molecule has 2 N–H and O–H groups in total. The van der Waals surface area contributed by atoms with E-state index in [2.05, 4.69) is 20.5 Å². The third-order valence-corrected chi connectivity index (χ3v) is 2.61. The van der Waals surface area contributed by atoms with Crippen molar-refractivity contribution in [3.8, 4) is 0 Å². The smallest absolute Gasteiger partial charge is 0.259 e. The molecule has 1 amide bonds. The molecule has 0 bridgehead atoms. The maximum Gasteiger partial charge on any atom is 0.259 e. The normalized spacial score (nSPS) is 10.3. The lowest BCUT2D eigenvalue weighted by molar-refractivity contribution is 0.102. The molecule has 2 heterocycles. The number of nitrogens with zero attached hydrogens (tertiary/aromatic N) is 2. The molecule has 2 rings (SSSR count). The quantitative estimate of drug-likeness (QED) is 0.859. The number of rotatable bonds is 2. The first-order chi connectivity index (χ1) is 8.08. The van der Waals surface area contributed by atoms with Crippen LogP contribution in [0.3, 0.4) is 0 Å². The Balaban J connectivity index is 2.23. The predicted octanol–water partition coefficient (Wildman–Crippen LogP) is 2.33. The van der Waals surface area contributed by atoms with Crippen molar-refractivity contribution in [3.63, 3.8) is 0 Å². The molecule has 5 nitrogen and oxygen atoms in total. The maximum atomic E-state index is 11.9. The van der Waals surface area contributed by atoms with Gasteiger partial charge in [-0.3, -0.25) is 14.9 Å². The topological polar surface area (TPSA) is 70.7 Å². The number of anilines is 1. The number of aromatic nitrogens is 3. The predicted molar refractivity (Wildman–Crippen MR) is 65.3 cm³/mol. The number of amides is 1. The van der Waals surface area contributed by atoms with Crippen LogP contribution in [0, 0.1) is 13.8 Å². The van der Waals surface area contributed by atoms with Gasteiger partial charge in [-0.1, -0.05) is 11.6 Å². The van der Waals surface area contributed by atoms with Gasteiger partial charge in [-0.2, -0.15) is 5.10 Å². The van der Waals surface area contributed by atoms with Crippen molar-refractivity contribution in [3.05, 3.63) is 40.3 Å². The molecule has 88 valence electrons. The third kappa shape index (κ3) is 2.45. The zero-order chi connectivity index (χ0) is 12.4. The molecular formula is C11H11ClN4O. The Morgan fingerprint density at radius 1 is 1.41 bits per heavy atom. The van der Waals surface area contributed by atoms with E-state index in [1.807, 2.05) is 13.8 Å². The molecule has 0 aliphatic carbocycles. The van der Waals surface area contributed by atoms with Gasteiger partial charge in [-0.05, 0) is 19.9 Å². The molecule has 0 saturated heterocycles. The summed E-state index contributed by atoms with van der Waals surface area (Å²) in [5, 5.41) is 9.58. The SMILES string of the molecule is Cc1cc(Cl)c(C(=O)Nc2[nH]ncc2C)cn1. The Morgan fingerprint density at radius 3 is 2.76 bits per heavy atom. The van der Waals surface area contributed by atoms with E-state index < -0.39 is 0 Å². The monoisotopic (exact) mass is 250 g/mol. The summed E-state index contributed by atoms with van der Waals surface area (Å²) < 4.78 is 0. The van der Waals surface area contributed by atoms with Gasteiger partial charge < -0.3 is 5.32 Å². The standard InChI is InChI=1S/C11H11ClN4O/c1-6-4-14-16-10(6)15-11(17)8-5-13-7(2)3-9(8)12/h3-5H,1-2H3,(H2,14,15,16,17). The molecule has 0 radical (unpaired) electrons. The number of hydrogen-bond acceptors (Lipinski definition) is 3. The molecule has 2 aromatic heterocycles. The Hall–Kier alpha value is -1.88. The molecule has 2 aromatic rings. The van der Waals surface area contributed by atoms with Gasteiger partial charge >= 0.3 is 0 Å². The van der Waals surface area contributed by atoms with E-state index in [0.29, 0.717) is 16.4 Å². The highest BCUT2D eigenvalue weighted by Gasteiger charge is 2.13. The van der Waals surface area contributed by atoms with Gasteiger partial charge in [0.2, 0.25) is 0 Å². The van der Waals surface area contributed by atoms with Gasteiger partial charge in [0.15, 0.2) is 0 Å². The Labute approximate surface area is 103 Å². The van der Waals surface area contributed by atoms with E-state index in [-0.39, 0.29) is 5.91 Å². The van der Waals surface area contributed by atoms with Crippen LogP contribution in [0.2, 0.25) is 5.02 Å². The zero-order valence-electron chi connectivity index (χ0n) is 9.41. The minimum absolute atomic E-state index is 0.310. The Morgan fingerprint density at radius 2 is 2.18 bits per heavy atom. The van der Waals surface area contributed by atoms with Crippen molar-refractivity contribution in [2.75, 3.05) is 5.32 Å². The average Bonchev–Trinajstić information content (AvgIpc) is 2.64. The van der Waals surface area contributed by atoms with Gasteiger partial charge in [-0.15, -0.1) is 0 Å². The summed E-state index contributed by atoms with van der Waals surface area (Å²) in [5.41, 5.74) is 1.96. The number of hydrogen-bond donors (Lipinski definition) is 2. The maximum absolute atomic E-state index is 11.9. The number of H-pyrrole nitrogens is 1. The minimum atomic E-state index is -0.310. The highest BCUT2D eigenvalue weighted by atomic mass is 35.5. The number of pyridine rings is 1. The zero-order valence-corrected chi connectivity index (χ0v) is 10.2. The van der Waals surface area contributed by atoms with Crippen LogP contribution in [-0.4, -0.2) is 21.1 Å². The van der Waals surface area contributed by atoms with Gasteiger partial charge in [-0.25, -0.2) is 0 Å². The van der Waals surface area contributed by atoms with Crippen LogP contribution in [0.25, 0.3) is 0 Å². The average molecular weight is 251 g/mol. The summed E-state index contributed by atoms with van der Waals surface area (Å²) in [5.74, 6) is 0.251. The van der Waals surface area contributed by atoms with Crippen molar-refractivity contribution in [1.29, 1.82) is 0 Å². The van der Waals surface area contributed by atoms with Crippen molar-refractivity contribution in [2.24, 2.45) is 0 Å². The summed E-state index contributed by atoms with van der Waals surface area (Å²) in [6.45, 7) is 3.65. The lowest BCUT2D eigenvalue weighted by Crippen LogP contribution is -2.14. The van der Waals surface area contributed by atoms with Crippen molar-refractivity contribution < 1.29 is 4.79 Å². The fraction of sp³-hybridized carbons (Fsp3) is 0.182. The summed E-state index contributed by atoms with van der Waals surface area (Å²) in [7, 11) is 0. The largest absolute Gasteiger partial charge is 0.307 e. The van der Waals surface area contributed by atoms with E-state index in [9.17, 15) is 4.79 Å². The Bertz CT molecular complexity index is 564. The van der Waals surface area contributed by atoms with Crippen LogP contribution in [0.15, 0.2) is 18.5 Å². The Kier molecular flexibility index (Phi) is 3.10. The summed E-state index contributed by atoms with van der Waals surface area (Å²) in [6.07, 6.45) is 3.09. The van der Waals surface area contributed by atoms with Gasteiger partial charge in [0.05, 0.1) is 16.8 Å². The third-order valence-electron chi connectivity index (χ3n) is 2.30. The van der Waals surface area contributed by atoms with Crippen LogP contribution < -0.4 is 5.32 Å². The molecule has 0 atom stereocenters. The first kappa shape index (κ1) is 11.6. The molecule has 0 unspecified atom stereocenters. The van der Waals surface area contributed by atoms with Crippen LogP contribution >= 0.6 is 11.6 Å². The molecule has 6 heteroatoms. The van der Waals surface area contributed by atoms with Crippen LogP contribution in [0.4, 0.5) is 5.82 Å². The van der Waals surface area contributed by atoms with E-state index in [1.165, 1.54) is 6.20 Å². The lowest BCUT2D eigenvalue weighted by Gasteiger charge is -2.05. The highest BCUT2D eigenvalue weighted by Crippen LogP contribution is 2.18. The van der Waals surface area contributed by atoms with Gasteiger partial charge in [0.25, 0.3) is 5.91 Å². The minimum Gasteiger partial charge on any atom is -0.307 e. The summed E-state index contributed by atoms with van der Waals surface area (Å²) >= 11 is 5.98. The fourth-order valence-electron chi connectivity index (χ4n) is 1.35. The first-order valence-electron chi connectivity index (χ1n) is 5.01. The summed E-state index contributed by atoms with van der Waals surface area (Å²) in [6, 6.07) is 1.65. The van der Waals surface area contributed by atoms with E-state index in [1.54, 1.807) is 12.3 Å². The van der Waals surface area contributed by atoms with Gasteiger partial charge in [0, 0.05) is 17.5 Å². The molecule has 0 aliphatic rings. The van der Waals surface area contributed by atoms with Crippen LogP contribution in [0.5, 0.6) is 0 Å². The number of aromatic amines is 1. The number of aryl methyl sites for hydroxylation is 2. The molecule has 0 saturated carbocycles. The second kappa shape index (κ2) is 4.55. The van der Waals surface area contributed by atoms with E-state index in [4.69, 9.17) is 11.6 Å². The number of carbonyl (C=O) groups excluding carboxylic acids is 1. The van der Waals surface area contributed by atoms with Crippen LogP contribution in [-0.2, 0) is 0 Å². The molecule has 0 spiro atoms. The second-order valence-corrected chi connectivity index (χ2v) is 4.09. The van der Waals surface area contributed by atoms with E-state index in [0.717, 1.165) is 11.3 Å². The number of halogens is 1. The van der Waals surface area contributed by atoms with Crippen LogP contribution in [0.1, 0.15) is 21.6 Å². The van der Waals surface area contributed by atoms with Crippen molar-refractivity contribution >= 4 is 23.3 Å². The molecule has 0 fully saturated rings. The van der Waals surface area contributed by atoms with Crippen molar-refractivity contribution in [1.82, 2.24) is 15.2 Å². The van der Waals surface area contributed by atoms with Gasteiger partial charge in [0.1, 0.15) is 5.82 Å². The summed E-state index contributed by atoms with van der Waals surface area (Å²) in [4.78, 5) is 16.0. The molecular weight excluding hydrogens is 240 g/mol. The van der Waals surface area contributed by atoms with Crippen molar-refractivity contribution in [2.45, 2.75) is 13.8 Å².